The maximum Gasteiger partial charge on any atom is 0.266 e. The quantitative estimate of drug-likeness (QED) is 0.511. The molecule has 2 N–H and O–H groups in total. The monoisotopic (exact) mass is 468 g/mol. The van der Waals surface area contributed by atoms with Crippen LogP contribution in [0.4, 0.5) is 0 Å². The topological polar surface area (TPSA) is 79.0 Å². The number of amides is 2. The van der Waals surface area contributed by atoms with Gasteiger partial charge in [-0.05, 0) is 48.6 Å². The van der Waals surface area contributed by atoms with E-state index in [2.05, 4.69) is 6.92 Å². The number of hydrogen-bond donors (Lipinski definition) is 1. The zero-order valence-corrected chi connectivity index (χ0v) is 20.4. The maximum absolute atomic E-state index is 13.9. The summed E-state index contributed by atoms with van der Waals surface area (Å²) < 4.78 is 0. The summed E-state index contributed by atoms with van der Waals surface area (Å²) in [5, 5.41) is 0. The van der Waals surface area contributed by atoms with Crippen molar-refractivity contribution in [3.05, 3.63) is 107 Å². The molecule has 0 bridgehead atoms. The minimum Gasteiger partial charge on any atom is -0.369 e. The Hall–Kier alpha value is -3.93. The molecule has 0 atom stereocenters. The summed E-state index contributed by atoms with van der Waals surface area (Å²) in [7, 11) is 0. The minimum absolute atomic E-state index is 0.0293. The molecule has 1 aliphatic heterocycles. The van der Waals surface area contributed by atoms with Crippen molar-refractivity contribution in [2.75, 3.05) is 19.6 Å². The molecular formula is C29H32N4O2. The number of rotatable bonds is 9. The fourth-order valence-electron chi connectivity index (χ4n) is 4.65. The second kappa shape index (κ2) is 10.6. The first-order valence-corrected chi connectivity index (χ1v) is 12.2. The summed E-state index contributed by atoms with van der Waals surface area (Å²) in [6.07, 6.45) is 1.47. The van der Waals surface area contributed by atoms with E-state index < -0.39 is 5.54 Å². The van der Waals surface area contributed by atoms with Gasteiger partial charge >= 0.3 is 0 Å². The summed E-state index contributed by atoms with van der Waals surface area (Å²) in [4.78, 5) is 35.0. The highest BCUT2D eigenvalue weighted by Gasteiger charge is 2.50. The van der Waals surface area contributed by atoms with E-state index in [1.165, 1.54) is 0 Å². The Morgan fingerprint density at radius 1 is 0.943 bits per heavy atom. The molecule has 6 heteroatoms. The van der Waals surface area contributed by atoms with Gasteiger partial charge in [-0.2, -0.15) is 0 Å². The van der Waals surface area contributed by atoms with Gasteiger partial charge in [0.25, 0.3) is 11.8 Å². The van der Waals surface area contributed by atoms with Crippen LogP contribution in [-0.2, 0) is 16.8 Å². The Balaban J connectivity index is 1.58. The van der Waals surface area contributed by atoms with Gasteiger partial charge < -0.3 is 10.6 Å². The zero-order chi connectivity index (χ0) is 24.8. The summed E-state index contributed by atoms with van der Waals surface area (Å²) in [6, 6.07) is 26.7. The fourth-order valence-corrected chi connectivity index (χ4v) is 4.65. The molecule has 0 aromatic heterocycles. The van der Waals surface area contributed by atoms with Gasteiger partial charge in [-0.1, -0.05) is 79.7 Å². The van der Waals surface area contributed by atoms with Crippen molar-refractivity contribution >= 4 is 17.8 Å². The SMILES string of the molecule is CCCN(CC)C(=O)c1cccc(CCN2C(=O)C(c3ccccc3)(c3ccccc3)N=C2N)c1. The van der Waals surface area contributed by atoms with Gasteiger partial charge in [0.2, 0.25) is 0 Å². The second-order valence-corrected chi connectivity index (χ2v) is 8.70. The van der Waals surface area contributed by atoms with Crippen LogP contribution in [0.2, 0.25) is 0 Å². The third-order valence-corrected chi connectivity index (χ3v) is 6.46. The molecule has 180 valence electrons. The van der Waals surface area contributed by atoms with E-state index in [1.807, 2.05) is 96.8 Å². The largest absolute Gasteiger partial charge is 0.369 e. The van der Waals surface area contributed by atoms with Crippen LogP contribution in [0.5, 0.6) is 0 Å². The highest BCUT2D eigenvalue weighted by atomic mass is 16.2. The lowest BCUT2D eigenvalue weighted by molar-refractivity contribution is -0.130. The third kappa shape index (κ3) is 4.69. The smallest absolute Gasteiger partial charge is 0.266 e. The molecular weight excluding hydrogens is 436 g/mol. The Labute approximate surface area is 207 Å². The van der Waals surface area contributed by atoms with Crippen molar-refractivity contribution in [3.8, 4) is 0 Å². The number of benzene rings is 3. The number of hydrogen-bond acceptors (Lipinski definition) is 4. The average Bonchev–Trinajstić information content (AvgIpc) is 3.16. The van der Waals surface area contributed by atoms with Gasteiger partial charge in [-0.3, -0.25) is 14.5 Å². The first-order valence-electron chi connectivity index (χ1n) is 12.2. The van der Waals surface area contributed by atoms with Gasteiger partial charge in [-0.15, -0.1) is 0 Å². The lowest BCUT2D eigenvalue weighted by Crippen LogP contribution is -2.44. The molecule has 1 aliphatic rings. The molecule has 0 aliphatic carbocycles. The van der Waals surface area contributed by atoms with Crippen LogP contribution in [0.1, 0.15) is 47.3 Å². The Morgan fingerprint density at radius 3 is 2.14 bits per heavy atom. The molecule has 1 heterocycles. The van der Waals surface area contributed by atoms with Crippen LogP contribution in [-0.4, -0.2) is 47.2 Å². The van der Waals surface area contributed by atoms with E-state index in [0.29, 0.717) is 25.1 Å². The highest BCUT2D eigenvalue weighted by Crippen LogP contribution is 2.39. The van der Waals surface area contributed by atoms with Gasteiger partial charge in [0.05, 0.1) is 0 Å². The third-order valence-electron chi connectivity index (χ3n) is 6.46. The molecule has 0 radical (unpaired) electrons. The summed E-state index contributed by atoms with van der Waals surface area (Å²) >= 11 is 0. The second-order valence-electron chi connectivity index (χ2n) is 8.70. The van der Waals surface area contributed by atoms with Crippen molar-refractivity contribution in [1.82, 2.24) is 9.80 Å². The van der Waals surface area contributed by atoms with Crippen LogP contribution < -0.4 is 5.73 Å². The summed E-state index contributed by atoms with van der Waals surface area (Å²) in [6.45, 7) is 5.84. The van der Waals surface area contributed by atoms with Gasteiger partial charge in [0.15, 0.2) is 11.5 Å². The van der Waals surface area contributed by atoms with Crippen LogP contribution in [0.15, 0.2) is 89.9 Å². The van der Waals surface area contributed by atoms with Crippen molar-refractivity contribution in [2.45, 2.75) is 32.2 Å². The molecule has 0 unspecified atom stereocenters. The Bertz CT molecular complexity index is 1170. The van der Waals surface area contributed by atoms with Gasteiger partial charge in [0.1, 0.15) is 0 Å². The number of guanidine groups is 1. The molecule has 3 aromatic rings. The molecule has 2 amide bonds. The van der Waals surface area contributed by atoms with E-state index in [9.17, 15) is 9.59 Å². The fraction of sp³-hybridized carbons (Fsp3) is 0.276. The van der Waals surface area contributed by atoms with E-state index in [1.54, 1.807) is 4.90 Å². The normalized spacial score (nSPS) is 14.6. The lowest BCUT2D eigenvalue weighted by Gasteiger charge is -2.27. The molecule has 0 fully saturated rings. The predicted molar refractivity (Wildman–Crippen MR) is 139 cm³/mol. The summed E-state index contributed by atoms with van der Waals surface area (Å²) in [5.41, 5.74) is 8.34. The standard InChI is InChI=1S/C29H32N4O2/c1-3-19-32(4-2)26(34)23-13-11-12-22(21-23)18-20-33-27(35)29(31-28(33)30,24-14-7-5-8-15-24)25-16-9-6-10-17-25/h5-17,21H,3-4,18-20H2,1-2H3,(H2,30,31). The summed E-state index contributed by atoms with van der Waals surface area (Å²) in [5.74, 6) is 0.0662. The first-order chi connectivity index (χ1) is 17.0. The van der Waals surface area contributed by atoms with Gasteiger partial charge in [-0.25, -0.2) is 4.99 Å². The molecule has 4 rings (SSSR count). The number of carbonyl (C=O) groups excluding carboxylic acids is 2. The van der Waals surface area contributed by atoms with Crippen LogP contribution >= 0.6 is 0 Å². The molecule has 0 saturated carbocycles. The molecule has 0 spiro atoms. The molecule has 35 heavy (non-hydrogen) atoms. The van der Waals surface area contributed by atoms with E-state index in [-0.39, 0.29) is 17.8 Å². The first kappa shape index (κ1) is 24.2. The number of carbonyl (C=O) groups is 2. The molecule has 0 saturated heterocycles. The van der Waals surface area contributed by atoms with E-state index in [0.717, 1.165) is 29.7 Å². The van der Waals surface area contributed by atoms with E-state index in [4.69, 9.17) is 10.7 Å². The molecule has 6 nitrogen and oxygen atoms in total. The number of aliphatic imine (C=N–C) groups is 1. The van der Waals surface area contributed by atoms with Crippen LogP contribution in [0, 0.1) is 0 Å². The van der Waals surface area contributed by atoms with Crippen molar-refractivity contribution < 1.29 is 9.59 Å². The van der Waals surface area contributed by atoms with Crippen molar-refractivity contribution in [2.24, 2.45) is 10.7 Å². The highest BCUT2D eigenvalue weighted by molar-refractivity contribution is 6.09. The number of nitrogens with two attached hydrogens (primary N) is 1. The average molecular weight is 469 g/mol. The van der Waals surface area contributed by atoms with Crippen LogP contribution in [0.25, 0.3) is 0 Å². The minimum atomic E-state index is -1.20. The van der Waals surface area contributed by atoms with E-state index >= 15 is 0 Å². The van der Waals surface area contributed by atoms with Gasteiger partial charge in [0, 0.05) is 25.2 Å². The van der Waals surface area contributed by atoms with Crippen molar-refractivity contribution in [1.29, 1.82) is 0 Å². The number of nitrogens with zero attached hydrogens (tertiary/aromatic N) is 3. The van der Waals surface area contributed by atoms with Crippen molar-refractivity contribution in [3.63, 3.8) is 0 Å². The Kier molecular flexibility index (Phi) is 7.30. The maximum atomic E-state index is 13.9. The Morgan fingerprint density at radius 2 is 1.57 bits per heavy atom. The zero-order valence-electron chi connectivity index (χ0n) is 20.4. The lowest BCUT2D eigenvalue weighted by atomic mass is 9.83. The molecule has 3 aromatic carbocycles. The predicted octanol–water partition coefficient (Wildman–Crippen LogP) is 4.20. The van der Waals surface area contributed by atoms with Crippen LogP contribution in [0.3, 0.4) is 0 Å².